The van der Waals surface area contributed by atoms with Gasteiger partial charge in [-0.15, -0.1) is 0 Å². The molecular formula is C25H27NO4. The highest BCUT2D eigenvalue weighted by atomic mass is 16.5. The summed E-state index contributed by atoms with van der Waals surface area (Å²) in [7, 11) is 1.71. The lowest BCUT2D eigenvalue weighted by Gasteiger charge is -2.57. The van der Waals surface area contributed by atoms with Crippen molar-refractivity contribution in [2.24, 2.45) is 23.5 Å². The summed E-state index contributed by atoms with van der Waals surface area (Å²) in [4.78, 5) is 24.1. The number of hydrogen-bond acceptors (Lipinski definition) is 4. The number of primary amides is 1. The molecule has 0 aromatic heterocycles. The molecular weight excluding hydrogens is 378 g/mol. The van der Waals surface area contributed by atoms with E-state index in [4.69, 9.17) is 15.2 Å². The number of carbonyl (C=O) groups excluding carboxylic acids is 2. The predicted octanol–water partition coefficient (Wildman–Crippen LogP) is 4.48. The van der Waals surface area contributed by atoms with Gasteiger partial charge >= 0.3 is 5.97 Å². The van der Waals surface area contributed by atoms with Crippen molar-refractivity contribution < 1.29 is 19.1 Å². The highest BCUT2D eigenvalue weighted by Crippen LogP contribution is 2.61. The van der Waals surface area contributed by atoms with E-state index in [0.717, 1.165) is 23.5 Å². The van der Waals surface area contributed by atoms with E-state index in [2.05, 4.69) is 0 Å². The zero-order valence-corrected chi connectivity index (χ0v) is 17.2. The lowest BCUT2D eigenvalue weighted by atomic mass is 9.48. The van der Waals surface area contributed by atoms with Crippen LogP contribution in [0.2, 0.25) is 0 Å². The Bertz CT molecular complexity index is 959. The molecule has 2 aromatic carbocycles. The van der Waals surface area contributed by atoms with Gasteiger partial charge in [-0.3, -0.25) is 4.79 Å². The van der Waals surface area contributed by atoms with Crippen molar-refractivity contribution in [2.45, 2.75) is 43.9 Å². The van der Waals surface area contributed by atoms with Crippen LogP contribution in [0.4, 0.5) is 0 Å². The molecule has 0 spiro atoms. The van der Waals surface area contributed by atoms with Gasteiger partial charge < -0.3 is 15.2 Å². The summed E-state index contributed by atoms with van der Waals surface area (Å²) >= 11 is 0. The number of benzene rings is 2. The van der Waals surface area contributed by atoms with Crippen molar-refractivity contribution in [2.75, 3.05) is 7.11 Å². The minimum atomic E-state index is -0.511. The summed E-state index contributed by atoms with van der Waals surface area (Å²) in [5.74, 6) is 2.76. The molecule has 5 nitrogen and oxygen atoms in total. The van der Waals surface area contributed by atoms with Gasteiger partial charge in [0.15, 0.2) is 0 Å². The fraction of sp³-hybridized carbons (Fsp3) is 0.440. The Balaban J connectivity index is 1.43. The number of ether oxygens (including phenoxy) is 2. The first-order valence-electron chi connectivity index (χ1n) is 10.8. The number of methoxy groups -OCH3 is 1. The summed E-state index contributed by atoms with van der Waals surface area (Å²) in [6.45, 7) is 0. The van der Waals surface area contributed by atoms with Gasteiger partial charge in [0, 0.05) is 11.1 Å². The highest BCUT2D eigenvalue weighted by Gasteiger charge is 2.52. The molecule has 0 heterocycles. The number of esters is 1. The van der Waals surface area contributed by atoms with Crippen LogP contribution >= 0.6 is 0 Å². The third-order valence-corrected chi connectivity index (χ3v) is 7.39. The van der Waals surface area contributed by atoms with Crippen molar-refractivity contribution in [1.29, 1.82) is 0 Å². The Hall–Kier alpha value is -2.82. The smallest absolute Gasteiger partial charge is 0.343 e. The zero-order chi connectivity index (χ0) is 20.9. The second-order valence-corrected chi connectivity index (χ2v) is 9.39. The van der Waals surface area contributed by atoms with E-state index in [1.807, 2.05) is 12.1 Å². The predicted molar refractivity (Wildman–Crippen MR) is 113 cm³/mol. The molecule has 4 fully saturated rings. The van der Waals surface area contributed by atoms with Crippen molar-refractivity contribution in [3.05, 3.63) is 59.2 Å². The summed E-state index contributed by atoms with van der Waals surface area (Å²) in [6, 6.07) is 11.9. The van der Waals surface area contributed by atoms with Crippen LogP contribution in [0.15, 0.2) is 42.5 Å². The maximum Gasteiger partial charge on any atom is 0.343 e. The Morgan fingerprint density at radius 3 is 2.00 bits per heavy atom. The molecule has 0 aliphatic heterocycles. The Morgan fingerprint density at radius 2 is 1.47 bits per heavy atom. The van der Waals surface area contributed by atoms with Crippen molar-refractivity contribution in [1.82, 2.24) is 0 Å². The van der Waals surface area contributed by atoms with E-state index in [9.17, 15) is 9.59 Å². The van der Waals surface area contributed by atoms with Crippen LogP contribution in [-0.4, -0.2) is 19.0 Å². The maximum atomic E-state index is 12.9. The molecule has 2 N–H and O–H groups in total. The molecule has 0 unspecified atom stereocenters. The van der Waals surface area contributed by atoms with E-state index in [-0.39, 0.29) is 5.41 Å². The number of hydrogen-bond donors (Lipinski definition) is 1. The van der Waals surface area contributed by atoms with Gasteiger partial charge in [0.2, 0.25) is 5.91 Å². The average Bonchev–Trinajstić information content (AvgIpc) is 2.72. The Labute approximate surface area is 176 Å². The topological polar surface area (TPSA) is 78.6 Å². The fourth-order valence-electron chi connectivity index (χ4n) is 6.54. The average molecular weight is 405 g/mol. The van der Waals surface area contributed by atoms with Crippen LogP contribution in [0.25, 0.3) is 0 Å². The molecule has 0 radical (unpaired) electrons. The van der Waals surface area contributed by atoms with Crippen LogP contribution in [0, 0.1) is 17.8 Å². The number of amides is 1. The van der Waals surface area contributed by atoms with Gasteiger partial charge in [0.05, 0.1) is 12.7 Å². The van der Waals surface area contributed by atoms with E-state index < -0.39 is 11.9 Å². The minimum absolute atomic E-state index is 0.125. The first kappa shape index (κ1) is 19.2. The van der Waals surface area contributed by atoms with E-state index >= 15 is 0 Å². The summed E-state index contributed by atoms with van der Waals surface area (Å²) in [6.07, 6.45) is 7.69. The molecule has 5 heteroatoms. The first-order valence-corrected chi connectivity index (χ1v) is 10.8. The molecule has 156 valence electrons. The second-order valence-electron chi connectivity index (χ2n) is 9.39. The van der Waals surface area contributed by atoms with Gasteiger partial charge in [-0.1, -0.05) is 0 Å². The van der Waals surface area contributed by atoms with Gasteiger partial charge in [-0.05, 0) is 104 Å². The Kier molecular flexibility index (Phi) is 4.57. The van der Waals surface area contributed by atoms with E-state index in [1.165, 1.54) is 44.1 Å². The third kappa shape index (κ3) is 3.26. The molecule has 30 heavy (non-hydrogen) atoms. The quantitative estimate of drug-likeness (QED) is 0.588. The van der Waals surface area contributed by atoms with Gasteiger partial charge in [-0.2, -0.15) is 0 Å². The summed E-state index contributed by atoms with van der Waals surface area (Å²) in [5, 5.41) is 0. The molecule has 4 aliphatic rings. The van der Waals surface area contributed by atoms with Crippen molar-refractivity contribution in [3.63, 3.8) is 0 Å². The number of carbonyl (C=O) groups is 2. The summed E-state index contributed by atoms with van der Waals surface area (Å²) < 4.78 is 11.3. The monoisotopic (exact) mass is 405 g/mol. The van der Waals surface area contributed by atoms with Crippen LogP contribution in [0.3, 0.4) is 0 Å². The highest BCUT2D eigenvalue weighted by molar-refractivity contribution is 5.93. The number of rotatable bonds is 5. The molecule has 1 amide bonds. The minimum Gasteiger partial charge on any atom is -0.496 e. The molecule has 4 saturated carbocycles. The normalized spacial score (nSPS) is 28.9. The SMILES string of the molecule is COc1ccc(C(=O)Oc2ccc(C(N)=O)cc2)cc1C12CC3CC(CC(C3)C1)C2. The van der Waals surface area contributed by atoms with Gasteiger partial charge in [-0.25, -0.2) is 4.79 Å². The number of nitrogens with two attached hydrogens (primary N) is 1. The van der Waals surface area contributed by atoms with Gasteiger partial charge in [0.25, 0.3) is 0 Å². The zero-order valence-electron chi connectivity index (χ0n) is 17.2. The van der Waals surface area contributed by atoms with Crippen LogP contribution in [0.1, 0.15) is 64.8 Å². The van der Waals surface area contributed by atoms with Gasteiger partial charge in [0.1, 0.15) is 11.5 Å². The maximum absolute atomic E-state index is 12.9. The van der Waals surface area contributed by atoms with Crippen LogP contribution in [0.5, 0.6) is 11.5 Å². The van der Waals surface area contributed by atoms with E-state index in [1.54, 1.807) is 37.4 Å². The first-order chi connectivity index (χ1) is 14.5. The van der Waals surface area contributed by atoms with Crippen LogP contribution in [-0.2, 0) is 5.41 Å². The standard InChI is InChI=1S/C25H27NO4/c1-29-22-7-4-19(24(28)30-20-5-2-18(3-6-20)23(26)27)11-21(22)25-12-15-8-16(13-25)10-17(9-15)14-25/h2-7,11,15-17H,8-10,12-14H2,1H3,(H2,26,27). The summed E-state index contributed by atoms with van der Waals surface area (Å²) in [5.41, 5.74) is 7.47. The molecule has 6 rings (SSSR count). The lowest BCUT2D eigenvalue weighted by molar-refractivity contribution is -0.00618. The Morgan fingerprint density at radius 1 is 0.900 bits per heavy atom. The molecule has 2 aromatic rings. The van der Waals surface area contributed by atoms with Crippen molar-refractivity contribution in [3.8, 4) is 11.5 Å². The van der Waals surface area contributed by atoms with Crippen LogP contribution < -0.4 is 15.2 Å². The lowest BCUT2D eigenvalue weighted by Crippen LogP contribution is -2.48. The molecule has 4 aliphatic carbocycles. The molecule has 0 saturated heterocycles. The third-order valence-electron chi connectivity index (χ3n) is 7.39. The molecule has 0 atom stereocenters. The second kappa shape index (κ2) is 7.15. The largest absolute Gasteiger partial charge is 0.496 e. The molecule has 4 bridgehead atoms. The fourth-order valence-corrected chi connectivity index (χ4v) is 6.54. The van der Waals surface area contributed by atoms with E-state index in [0.29, 0.717) is 16.9 Å². The van der Waals surface area contributed by atoms with Crippen molar-refractivity contribution >= 4 is 11.9 Å².